The van der Waals surface area contributed by atoms with Crippen molar-refractivity contribution in [3.05, 3.63) is 40.7 Å². The zero-order valence-electron chi connectivity index (χ0n) is 15.4. The van der Waals surface area contributed by atoms with E-state index in [4.69, 9.17) is 14.7 Å². The Balaban J connectivity index is 0.00000243. The van der Waals surface area contributed by atoms with Crippen LogP contribution in [0.15, 0.2) is 40.7 Å². The number of nitrogens with zero attached hydrogens (tertiary/aromatic N) is 3. The minimum absolute atomic E-state index is 0. The van der Waals surface area contributed by atoms with Crippen LogP contribution in [0.4, 0.5) is 0 Å². The summed E-state index contributed by atoms with van der Waals surface area (Å²) in [5.41, 5.74) is 2.18. The second kappa shape index (κ2) is 10.8. The summed E-state index contributed by atoms with van der Waals surface area (Å²) in [5, 5.41) is 6.52. The molecular weight excluding hydrogens is 459 g/mol. The van der Waals surface area contributed by atoms with E-state index >= 15 is 0 Å². The van der Waals surface area contributed by atoms with Crippen LogP contribution in [-0.2, 0) is 11.3 Å². The maximum absolute atomic E-state index is 5.48. The first-order chi connectivity index (χ1) is 12.3. The van der Waals surface area contributed by atoms with E-state index in [1.165, 1.54) is 0 Å². The molecule has 1 saturated heterocycles. The van der Waals surface area contributed by atoms with Crippen molar-refractivity contribution in [1.29, 1.82) is 0 Å². The first-order valence-electron chi connectivity index (χ1n) is 8.83. The Morgan fingerprint density at radius 1 is 1.38 bits per heavy atom. The molecular formula is C19H27IN4OS. The van der Waals surface area contributed by atoms with Gasteiger partial charge in [0.05, 0.1) is 18.8 Å². The van der Waals surface area contributed by atoms with Crippen LogP contribution >= 0.6 is 35.3 Å². The molecule has 26 heavy (non-hydrogen) atoms. The van der Waals surface area contributed by atoms with Crippen LogP contribution in [0.3, 0.4) is 0 Å². The van der Waals surface area contributed by atoms with E-state index < -0.39 is 0 Å². The van der Waals surface area contributed by atoms with Crippen LogP contribution in [0.25, 0.3) is 11.3 Å². The fourth-order valence-electron chi connectivity index (χ4n) is 2.94. The number of rotatable bonds is 6. The first-order valence-corrected chi connectivity index (χ1v) is 9.71. The van der Waals surface area contributed by atoms with Gasteiger partial charge < -0.3 is 15.0 Å². The van der Waals surface area contributed by atoms with Crippen molar-refractivity contribution >= 4 is 41.3 Å². The predicted molar refractivity (Wildman–Crippen MR) is 119 cm³/mol. The molecule has 3 rings (SSSR count). The van der Waals surface area contributed by atoms with Crippen LogP contribution in [0, 0.1) is 5.92 Å². The molecule has 1 fully saturated rings. The van der Waals surface area contributed by atoms with Gasteiger partial charge in [-0.25, -0.2) is 9.98 Å². The smallest absolute Gasteiger partial charge is 0.194 e. The largest absolute Gasteiger partial charge is 0.381 e. The van der Waals surface area contributed by atoms with E-state index in [0.717, 1.165) is 54.9 Å². The van der Waals surface area contributed by atoms with E-state index in [9.17, 15) is 0 Å². The minimum Gasteiger partial charge on any atom is -0.381 e. The molecule has 5 nitrogen and oxygen atoms in total. The number of benzene rings is 1. The Hall–Kier alpha value is -1.19. The number of guanidine groups is 1. The number of aromatic nitrogens is 1. The fraction of sp³-hybridized carbons (Fsp3) is 0.474. The van der Waals surface area contributed by atoms with Crippen molar-refractivity contribution < 1.29 is 4.74 Å². The average Bonchev–Trinajstić information content (AvgIpc) is 3.31. The molecule has 142 valence electrons. The van der Waals surface area contributed by atoms with E-state index in [2.05, 4.69) is 41.7 Å². The molecule has 1 N–H and O–H groups in total. The Morgan fingerprint density at radius 2 is 2.19 bits per heavy atom. The van der Waals surface area contributed by atoms with Gasteiger partial charge in [0.2, 0.25) is 0 Å². The molecule has 1 aliphatic heterocycles. The van der Waals surface area contributed by atoms with Crippen LogP contribution < -0.4 is 5.32 Å². The summed E-state index contributed by atoms with van der Waals surface area (Å²) >= 11 is 1.66. The monoisotopic (exact) mass is 486 g/mol. The lowest BCUT2D eigenvalue weighted by molar-refractivity contribution is 0.181. The summed E-state index contributed by atoms with van der Waals surface area (Å²) in [6, 6.07) is 10.3. The van der Waals surface area contributed by atoms with Crippen molar-refractivity contribution in [3.8, 4) is 11.3 Å². The molecule has 0 spiro atoms. The summed E-state index contributed by atoms with van der Waals surface area (Å²) in [4.78, 5) is 11.7. The topological polar surface area (TPSA) is 49.8 Å². The van der Waals surface area contributed by atoms with Crippen LogP contribution in [-0.4, -0.2) is 49.2 Å². The third kappa shape index (κ3) is 5.92. The zero-order valence-corrected chi connectivity index (χ0v) is 18.5. The molecule has 7 heteroatoms. The fourth-order valence-corrected chi connectivity index (χ4v) is 3.66. The Labute approximate surface area is 176 Å². The van der Waals surface area contributed by atoms with Gasteiger partial charge in [0.25, 0.3) is 0 Å². The Kier molecular flexibility index (Phi) is 8.80. The van der Waals surface area contributed by atoms with Gasteiger partial charge in [0.15, 0.2) is 5.96 Å². The zero-order chi connectivity index (χ0) is 17.5. The first kappa shape index (κ1) is 21.1. The third-order valence-corrected chi connectivity index (χ3v) is 5.07. The molecule has 2 heterocycles. The van der Waals surface area contributed by atoms with Crippen LogP contribution in [0.2, 0.25) is 0 Å². The average molecular weight is 486 g/mol. The van der Waals surface area contributed by atoms with Gasteiger partial charge in [0.1, 0.15) is 5.01 Å². The third-order valence-electron chi connectivity index (χ3n) is 4.24. The number of thiazole rings is 1. The maximum atomic E-state index is 5.48. The Morgan fingerprint density at radius 3 is 2.88 bits per heavy atom. The van der Waals surface area contributed by atoms with E-state index in [1.54, 1.807) is 11.3 Å². The number of nitrogens with one attached hydrogen (secondary N) is 1. The Bertz CT molecular complexity index is 686. The van der Waals surface area contributed by atoms with Crippen molar-refractivity contribution in [3.63, 3.8) is 0 Å². The normalized spacial score (nSPS) is 17.0. The van der Waals surface area contributed by atoms with Gasteiger partial charge in [-0.2, -0.15) is 0 Å². The minimum atomic E-state index is 0. The summed E-state index contributed by atoms with van der Waals surface area (Å²) in [6.45, 7) is 6.27. The predicted octanol–water partition coefficient (Wildman–Crippen LogP) is 3.86. The van der Waals surface area contributed by atoms with Crippen molar-refractivity contribution in [2.75, 3.05) is 33.4 Å². The van der Waals surface area contributed by atoms with Gasteiger partial charge >= 0.3 is 0 Å². The lowest BCUT2D eigenvalue weighted by Crippen LogP contribution is -2.41. The number of ether oxygens (including phenoxy) is 1. The highest BCUT2D eigenvalue weighted by Gasteiger charge is 2.19. The summed E-state index contributed by atoms with van der Waals surface area (Å²) in [6.07, 6.45) is 1.14. The standard InChI is InChI=1S/C19H26N4OS.HI/c1-3-20-19(23(2)12-15-9-10-24-13-15)21-11-18-22-17(14-25-18)16-7-5-4-6-8-16;/h4-8,14-15H,3,9-13H2,1-2H3,(H,20,21);1H. The van der Waals surface area contributed by atoms with Gasteiger partial charge in [-0.05, 0) is 13.3 Å². The van der Waals surface area contributed by atoms with Gasteiger partial charge in [0, 0.05) is 43.6 Å². The van der Waals surface area contributed by atoms with Crippen molar-refractivity contribution in [2.45, 2.75) is 19.9 Å². The molecule has 1 unspecified atom stereocenters. The van der Waals surface area contributed by atoms with E-state index in [0.29, 0.717) is 12.5 Å². The molecule has 0 amide bonds. The number of halogens is 1. The lowest BCUT2D eigenvalue weighted by Gasteiger charge is -2.24. The molecule has 1 aliphatic rings. The van der Waals surface area contributed by atoms with Crippen LogP contribution in [0.5, 0.6) is 0 Å². The summed E-state index contributed by atoms with van der Waals surface area (Å²) in [5.74, 6) is 1.53. The van der Waals surface area contributed by atoms with Gasteiger partial charge in [-0.3, -0.25) is 0 Å². The SMILES string of the molecule is CCNC(=NCc1nc(-c2ccccc2)cs1)N(C)CC1CCOC1.I. The number of aliphatic imine (C=N–C) groups is 1. The molecule has 1 aromatic heterocycles. The highest BCUT2D eigenvalue weighted by atomic mass is 127. The maximum Gasteiger partial charge on any atom is 0.194 e. The second-order valence-electron chi connectivity index (χ2n) is 6.27. The molecule has 0 bridgehead atoms. The van der Waals surface area contributed by atoms with E-state index in [-0.39, 0.29) is 24.0 Å². The molecule has 2 aromatic rings. The van der Waals surface area contributed by atoms with E-state index in [1.807, 2.05) is 18.2 Å². The number of hydrogen-bond donors (Lipinski definition) is 1. The van der Waals surface area contributed by atoms with Crippen LogP contribution in [0.1, 0.15) is 18.4 Å². The molecule has 0 aliphatic carbocycles. The second-order valence-corrected chi connectivity index (χ2v) is 7.22. The summed E-state index contributed by atoms with van der Waals surface area (Å²) < 4.78 is 5.48. The number of hydrogen-bond acceptors (Lipinski definition) is 4. The highest BCUT2D eigenvalue weighted by Crippen LogP contribution is 2.22. The highest BCUT2D eigenvalue weighted by molar-refractivity contribution is 14.0. The summed E-state index contributed by atoms with van der Waals surface area (Å²) in [7, 11) is 2.09. The molecule has 0 radical (unpaired) electrons. The molecule has 0 saturated carbocycles. The molecule has 1 atom stereocenters. The quantitative estimate of drug-likeness (QED) is 0.383. The van der Waals surface area contributed by atoms with Crippen molar-refractivity contribution in [1.82, 2.24) is 15.2 Å². The van der Waals surface area contributed by atoms with Gasteiger partial charge in [-0.15, -0.1) is 35.3 Å². The lowest BCUT2D eigenvalue weighted by atomic mass is 10.1. The van der Waals surface area contributed by atoms with Crippen molar-refractivity contribution in [2.24, 2.45) is 10.9 Å². The van der Waals surface area contributed by atoms with Gasteiger partial charge in [-0.1, -0.05) is 30.3 Å². The molecule has 1 aromatic carbocycles.